The summed E-state index contributed by atoms with van der Waals surface area (Å²) in [6.07, 6.45) is 13.5. The predicted octanol–water partition coefficient (Wildman–Crippen LogP) is 10.8. The molecule has 0 aromatic heterocycles. The maximum absolute atomic E-state index is 12.7. The molecule has 43 heavy (non-hydrogen) atoms. The van der Waals surface area contributed by atoms with Crippen molar-refractivity contribution in [2.24, 2.45) is 40.4 Å². The van der Waals surface area contributed by atoms with Crippen LogP contribution in [0, 0.1) is 40.4 Å². The van der Waals surface area contributed by atoms with Gasteiger partial charge < -0.3 is 13.3 Å². The van der Waals surface area contributed by atoms with Gasteiger partial charge in [0.2, 0.25) is 8.32 Å². The number of hydrogen-bond acceptors (Lipinski definition) is 4. The van der Waals surface area contributed by atoms with E-state index in [1.54, 1.807) is 0 Å². The summed E-state index contributed by atoms with van der Waals surface area (Å²) in [6, 6.07) is 3.37. The van der Waals surface area contributed by atoms with Gasteiger partial charge in [0.1, 0.15) is 0 Å². The van der Waals surface area contributed by atoms with E-state index in [0.29, 0.717) is 23.9 Å². The molecule has 4 saturated carbocycles. The largest absolute Gasteiger partial charge is 0.520 e. The zero-order chi connectivity index (χ0) is 32.1. The van der Waals surface area contributed by atoms with Gasteiger partial charge in [-0.2, -0.15) is 0 Å². The molecule has 250 valence electrons. The molecule has 7 heteroatoms. The predicted molar refractivity (Wildman–Crippen MR) is 189 cm³/mol. The number of rotatable bonds is 12. The first kappa shape index (κ1) is 35.9. The highest BCUT2D eigenvalue weighted by Crippen LogP contribution is 2.70. The van der Waals surface area contributed by atoms with Gasteiger partial charge in [0, 0.05) is 18.9 Å². The smallest absolute Gasteiger partial charge is 0.292 e. The molecule has 4 nitrogen and oxygen atoms in total. The van der Waals surface area contributed by atoms with Crippen molar-refractivity contribution >= 4 is 30.9 Å². The second kappa shape index (κ2) is 12.9. The Balaban J connectivity index is 1.52. The number of fused-ring (bicyclic) bond motifs is 5. The fourth-order valence-electron chi connectivity index (χ4n) is 10.6. The topological polar surface area (TPSA) is 44.8 Å². The lowest BCUT2D eigenvalue weighted by Crippen LogP contribution is -2.66. The molecule has 4 aliphatic rings. The lowest BCUT2D eigenvalue weighted by atomic mass is 9.43. The molecule has 0 bridgehead atoms. The molecule has 0 spiro atoms. The highest BCUT2D eigenvalue weighted by molar-refractivity contribution is 6.72. The van der Waals surface area contributed by atoms with E-state index in [-0.39, 0.29) is 17.0 Å². The Hall–Kier alpha value is 0.0406. The Morgan fingerprint density at radius 3 is 2.07 bits per heavy atom. The summed E-state index contributed by atoms with van der Waals surface area (Å²) >= 11 is 0. The average molecular weight is 651 g/mol. The van der Waals surface area contributed by atoms with Gasteiger partial charge in [-0.15, -0.1) is 0 Å². The molecule has 0 saturated heterocycles. The van der Waals surface area contributed by atoms with Crippen molar-refractivity contribution in [1.29, 1.82) is 0 Å². The van der Waals surface area contributed by atoms with Gasteiger partial charge in [0.15, 0.2) is 16.6 Å². The summed E-state index contributed by atoms with van der Waals surface area (Å²) in [7, 11) is -5.22. The third-order valence-corrected chi connectivity index (χ3v) is 22.0. The Labute approximate surface area is 270 Å². The third kappa shape index (κ3) is 7.16. The summed E-state index contributed by atoms with van der Waals surface area (Å²) in [4.78, 5) is 12.7. The van der Waals surface area contributed by atoms with Crippen molar-refractivity contribution in [3.05, 3.63) is 0 Å². The maximum Gasteiger partial charge on any atom is 0.292 e. The SMILES string of the molecule is CC[Si](C)(C)OC(=O)CCC(C)C1CCC2C3CC[C@]4(O[Si](C)(C)CC)C[C@H](O[Si](C)(C)CC)CCC4(C)C3CCC12C. The zero-order valence-electron chi connectivity index (χ0n) is 30.5. The van der Waals surface area contributed by atoms with Crippen LogP contribution in [0.1, 0.15) is 112 Å². The van der Waals surface area contributed by atoms with E-state index in [0.717, 1.165) is 42.6 Å². The number of carbonyl (C=O) groups excluding carboxylic acids is 1. The highest BCUT2D eigenvalue weighted by Gasteiger charge is 2.66. The number of hydrogen-bond donors (Lipinski definition) is 0. The van der Waals surface area contributed by atoms with Gasteiger partial charge in [-0.05, 0) is 156 Å². The summed E-state index contributed by atoms with van der Waals surface area (Å²) in [5.74, 6) is 3.78. The van der Waals surface area contributed by atoms with Crippen molar-refractivity contribution in [2.75, 3.05) is 0 Å². The van der Waals surface area contributed by atoms with Crippen LogP contribution in [0.2, 0.25) is 57.4 Å². The quantitative estimate of drug-likeness (QED) is 0.197. The maximum atomic E-state index is 12.7. The minimum atomic E-state index is -1.83. The standard InChI is InChI=1S/C36H70O4Si3/c1-13-41(7,8)38-28-20-24-35(6)32-22-23-34(5)30(27(4)16-19-33(37)39-42(9,10)14-2)17-18-31(34)29(32)21-25-36(35,26-28)40-43(11,12)15-3/h27-32H,13-26H2,1-12H3/t27?,28-,29?,30?,31?,32?,34?,35?,36+/m1/s1. The van der Waals surface area contributed by atoms with E-state index in [1.807, 2.05) is 0 Å². The van der Waals surface area contributed by atoms with Crippen LogP contribution in [-0.4, -0.2) is 42.6 Å². The Morgan fingerprint density at radius 2 is 1.44 bits per heavy atom. The summed E-state index contributed by atoms with van der Waals surface area (Å²) < 4.78 is 20.5. The lowest BCUT2D eigenvalue weighted by molar-refractivity contribution is -0.210. The van der Waals surface area contributed by atoms with Crippen LogP contribution in [0.15, 0.2) is 0 Å². The molecule has 9 atom stereocenters. The van der Waals surface area contributed by atoms with Crippen molar-refractivity contribution < 1.29 is 18.1 Å². The van der Waals surface area contributed by atoms with Crippen LogP contribution in [0.5, 0.6) is 0 Å². The summed E-state index contributed by atoms with van der Waals surface area (Å²) in [5, 5.41) is 0. The molecule has 0 amide bonds. The first-order valence-corrected chi connectivity index (χ1v) is 27.8. The molecule has 0 aliphatic heterocycles. The molecule has 0 aromatic rings. The van der Waals surface area contributed by atoms with E-state index < -0.39 is 25.0 Å². The van der Waals surface area contributed by atoms with Crippen LogP contribution >= 0.6 is 0 Å². The Morgan fingerprint density at radius 1 is 0.791 bits per heavy atom. The van der Waals surface area contributed by atoms with Crippen LogP contribution < -0.4 is 0 Å². The van der Waals surface area contributed by atoms with Gasteiger partial charge >= 0.3 is 0 Å². The van der Waals surface area contributed by atoms with Gasteiger partial charge in [-0.1, -0.05) is 41.5 Å². The molecule has 0 heterocycles. The van der Waals surface area contributed by atoms with Gasteiger partial charge in [-0.3, -0.25) is 4.79 Å². The number of carbonyl (C=O) groups is 1. The minimum absolute atomic E-state index is 0.0178. The third-order valence-electron chi connectivity index (χ3n) is 14.2. The summed E-state index contributed by atoms with van der Waals surface area (Å²) in [6.45, 7) is 28.7. The van der Waals surface area contributed by atoms with Gasteiger partial charge in [0.25, 0.3) is 5.97 Å². The van der Waals surface area contributed by atoms with E-state index in [4.69, 9.17) is 13.3 Å². The second-order valence-electron chi connectivity index (χ2n) is 18.0. The van der Waals surface area contributed by atoms with Gasteiger partial charge in [-0.25, -0.2) is 0 Å². The van der Waals surface area contributed by atoms with E-state index >= 15 is 0 Å². The van der Waals surface area contributed by atoms with Crippen LogP contribution in [0.25, 0.3) is 0 Å². The monoisotopic (exact) mass is 650 g/mol. The first-order valence-electron chi connectivity index (χ1n) is 18.5. The fraction of sp³-hybridized carbons (Fsp3) is 0.972. The van der Waals surface area contributed by atoms with E-state index in [2.05, 4.69) is 80.8 Å². The van der Waals surface area contributed by atoms with Crippen molar-refractivity contribution in [1.82, 2.24) is 0 Å². The first-order chi connectivity index (χ1) is 19.9. The molecular weight excluding hydrogens is 581 g/mol. The molecule has 0 N–H and O–H groups in total. The van der Waals surface area contributed by atoms with E-state index in [1.165, 1.54) is 63.5 Å². The van der Waals surface area contributed by atoms with Crippen molar-refractivity contribution in [3.63, 3.8) is 0 Å². The van der Waals surface area contributed by atoms with Crippen LogP contribution in [0.3, 0.4) is 0 Å². The zero-order valence-corrected chi connectivity index (χ0v) is 33.5. The molecule has 0 radical (unpaired) electrons. The summed E-state index contributed by atoms with van der Waals surface area (Å²) in [5.41, 5.74) is 0.640. The molecule has 4 aliphatic carbocycles. The fourth-order valence-corrected chi connectivity index (χ4v) is 14.3. The average Bonchev–Trinajstić information content (AvgIpc) is 3.29. The van der Waals surface area contributed by atoms with Gasteiger partial charge in [0.05, 0.1) is 5.60 Å². The Bertz CT molecular complexity index is 984. The minimum Gasteiger partial charge on any atom is -0.520 e. The molecule has 0 aromatic carbocycles. The normalized spacial score (nSPS) is 39.0. The van der Waals surface area contributed by atoms with Crippen LogP contribution in [-0.2, 0) is 18.1 Å². The molecular formula is C36H70O4Si3. The van der Waals surface area contributed by atoms with E-state index in [9.17, 15) is 4.79 Å². The van der Waals surface area contributed by atoms with Crippen molar-refractivity contribution in [2.45, 2.75) is 181 Å². The van der Waals surface area contributed by atoms with Crippen molar-refractivity contribution in [3.8, 4) is 0 Å². The Kier molecular flexibility index (Phi) is 10.8. The molecule has 4 fully saturated rings. The highest BCUT2D eigenvalue weighted by atomic mass is 28.4. The molecule has 4 rings (SSSR count). The molecule has 7 unspecified atom stereocenters. The van der Waals surface area contributed by atoms with Crippen LogP contribution in [0.4, 0.5) is 0 Å². The lowest BCUT2D eigenvalue weighted by Gasteiger charge is -2.67. The second-order valence-corrected chi connectivity index (χ2v) is 31.3.